The predicted molar refractivity (Wildman–Crippen MR) is 499 cm³/mol. The van der Waals surface area contributed by atoms with E-state index in [-0.39, 0.29) is 136 Å². The highest BCUT2D eigenvalue weighted by Gasteiger charge is 2.67. The Morgan fingerprint density at radius 3 is 1.04 bits per heavy atom. The van der Waals surface area contributed by atoms with Crippen LogP contribution in [0, 0.1) is 54.8 Å². The van der Waals surface area contributed by atoms with Gasteiger partial charge in [0.1, 0.15) is 98.2 Å². The van der Waals surface area contributed by atoms with Gasteiger partial charge < -0.3 is 80.9 Å². The molecule has 3 aliphatic carbocycles. The van der Waals surface area contributed by atoms with Gasteiger partial charge in [0.05, 0.1) is 129 Å². The van der Waals surface area contributed by atoms with E-state index in [4.69, 9.17) is 65.4 Å². The number of hydrogen-bond acceptors (Lipinski definition) is 32. The molecule has 12 heterocycles. The first-order chi connectivity index (χ1) is 66.0. The summed E-state index contributed by atoms with van der Waals surface area (Å²) < 4.78 is 80.1. The molecule has 5 atom stereocenters. The molecule has 3 saturated heterocycles. The summed E-state index contributed by atoms with van der Waals surface area (Å²) >= 11 is 3.84. The standard InChI is InChI=1S/2C33H37N3O9S.C33H37N3O8S/c1-19-26-28(38)33(15-20(16-33)30(39)35(2)18-25(37)42-4)32(40)36(31(26)46-27(19)29-34-11-14-44-29)17-24(45-21-9-12-43-13-10-21)22-7-5-6-8-23(22)41-3;1-18-25-27(37)33(15-20(16-33)28(38)35-19(2)31(39)42-4)32(40)36(30(25)46-26(18)29-34-11-14-44-29)17-24(45-21-9-12-43-13-10-21)22-7-5-6-8-23(22)41-3;1-18-26-28(38)33(15-21(16-33)29(39)35-19(2)20(3)37)32(40)36(31(26)45-27(18)30-34-11-14-43-30)17-25(44-22-9-12-42-13-10-22)23-7-5-6-8-24(23)41-4/h5-8,11,14,20-21,24H,9-10,12-13,15-18H2,1-4H3;5-8,11,14,19-21,24H,9-10,12-13,15-17H2,1-4H3,(H,35,38);5-8,11,14,19,21-22,25H,9-10,12-13,15-17H2,1-4H3,(H,35,39)/t20?,24-,33?;19-,20?,24+,33?;19-,21?,25+,33?/m011/s1. The number of amides is 6. The molecular weight excluding hydrogens is 1830 g/mol. The molecule has 3 spiro atoms. The summed E-state index contributed by atoms with van der Waals surface area (Å²) in [5, 5.41) is 6.87. The lowest BCUT2D eigenvalue weighted by Crippen LogP contribution is -2.62. The second-order valence-corrected chi connectivity index (χ2v) is 38.9. The summed E-state index contributed by atoms with van der Waals surface area (Å²) in [4.78, 5) is 183. The van der Waals surface area contributed by atoms with Gasteiger partial charge in [0.15, 0.2) is 23.1 Å². The minimum atomic E-state index is -1.44. The Morgan fingerprint density at radius 1 is 0.453 bits per heavy atom. The van der Waals surface area contributed by atoms with Gasteiger partial charge in [-0.3, -0.25) is 67.4 Å². The van der Waals surface area contributed by atoms with E-state index in [0.717, 1.165) is 29.5 Å². The molecule has 2 N–H and O–H groups in total. The summed E-state index contributed by atoms with van der Waals surface area (Å²) in [7, 11) is 8.79. The fourth-order valence-corrected chi connectivity index (χ4v) is 23.5. The number of benzene rings is 3. The fourth-order valence-electron chi connectivity index (χ4n) is 19.7. The van der Waals surface area contributed by atoms with Crippen LogP contribution in [0.3, 0.4) is 0 Å². The number of esters is 2. The maximum absolute atomic E-state index is 14.7. The molecule has 6 amide bonds. The number of oxazole rings is 3. The molecule has 18 rings (SSSR count). The molecule has 137 heavy (non-hydrogen) atoms. The Hall–Kier alpha value is -12.0. The Balaban J connectivity index is 0.000000149. The number of ketones is 4. The molecule has 35 nitrogen and oxygen atoms in total. The number of likely N-dealkylation sites (N-methyl/N-ethyl adjacent to an activating group) is 1. The lowest BCUT2D eigenvalue weighted by Gasteiger charge is -2.50. The lowest BCUT2D eigenvalue weighted by molar-refractivity contribution is -0.152. The number of aromatic nitrogens is 3. The van der Waals surface area contributed by atoms with Crippen LogP contribution in [0.25, 0.3) is 32.3 Å². The maximum atomic E-state index is 14.7. The highest BCUT2D eigenvalue weighted by Crippen LogP contribution is 2.62. The Kier molecular flexibility index (Phi) is 29.9. The summed E-state index contributed by atoms with van der Waals surface area (Å²) in [5.41, 5.74) is 1.37. The Bertz CT molecular complexity index is 5990. The molecule has 6 fully saturated rings. The summed E-state index contributed by atoms with van der Waals surface area (Å²) in [6, 6.07) is 21.1. The van der Waals surface area contributed by atoms with Crippen LogP contribution in [0.15, 0.2) is 123 Å². The smallest absolute Gasteiger partial charge is 0.328 e. The predicted octanol–water partition coefficient (Wildman–Crippen LogP) is 13.2. The van der Waals surface area contributed by atoms with E-state index in [1.807, 2.05) is 93.6 Å². The number of hydrogen-bond donors (Lipinski definition) is 2. The van der Waals surface area contributed by atoms with Gasteiger partial charge in [0, 0.05) is 81.1 Å². The molecule has 0 bridgehead atoms. The third-order valence-electron chi connectivity index (χ3n) is 27.5. The second kappa shape index (κ2) is 41.7. The van der Waals surface area contributed by atoms with E-state index < -0.39 is 82.2 Å². The SMILES string of the molecule is COC(=O)CN(C)C(=O)C1CC2(C1)C(=O)c1c(sc(-c3ncco3)c1C)N(C[C@H](OC1CCOCC1)c1ccccc1OC)C2=O.COC(=O)[C@@H](C)NC(=O)C1CC2(C1)C(=O)c1c(sc(-c3ncco3)c1C)N(C[C@H](OC1CCOCC1)c1ccccc1OC)C2=O.COc1ccccc1[C@H](CN1C(=O)C2(CC(C(=O)N[C@H](C)C(C)=O)C2)C(=O)c2c1sc(-c1ncco1)c2C)OC1CCOCC1. The number of rotatable bonds is 30. The number of carbonyl (C=O) groups excluding carboxylic acids is 12. The van der Waals surface area contributed by atoms with Crippen molar-refractivity contribution < 1.29 is 123 Å². The molecule has 6 aliphatic heterocycles. The zero-order valence-corrected chi connectivity index (χ0v) is 80.7. The van der Waals surface area contributed by atoms with E-state index in [1.54, 1.807) is 43.0 Å². The van der Waals surface area contributed by atoms with Crippen molar-refractivity contribution >= 4 is 120 Å². The van der Waals surface area contributed by atoms with Gasteiger partial charge in [-0.15, -0.1) is 34.0 Å². The van der Waals surface area contributed by atoms with Crippen molar-refractivity contribution in [1.82, 2.24) is 30.5 Å². The first-order valence-electron chi connectivity index (χ1n) is 45.8. The largest absolute Gasteiger partial charge is 0.496 e. The minimum Gasteiger partial charge on any atom is -0.496 e. The third-order valence-corrected chi connectivity index (χ3v) is 31.4. The fraction of sp³-hybridized carbons (Fsp3) is 0.485. The number of anilines is 3. The number of carbonyl (C=O) groups is 12. The number of methoxy groups -OCH3 is 5. The van der Waals surface area contributed by atoms with E-state index in [9.17, 15) is 57.5 Å². The van der Waals surface area contributed by atoms with Gasteiger partial charge in [-0.25, -0.2) is 19.7 Å². The van der Waals surface area contributed by atoms with Crippen molar-refractivity contribution in [2.45, 2.75) is 167 Å². The average Bonchev–Trinajstić information content (AvgIpc) is 1.67. The maximum Gasteiger partial charge on any atom is 0.328 e. The van der Waals surface area contributed by atoms with Crippen molar-refractivity contribution in [3.05, 3.63) is 160 Å². The van der Waals surface area contributed by atoms with Crippen LogP contribution in [0.2, 0.25) is 0 Å². The quantitative estimate of drug-likeness (QED) is 0.0312. The van der Waals surface area contributed by atoms with Crippen molar-refractivity contribution in [3.63, 3.8) is 0 Å². The van der Waals surface area contributed by atoms with Crippen molar-refractivity contribution in [1.29, 1.82) is 0 Å². The van der Waals surface area contributed by atoms with Crippen molar-refractivity contribution in [2.75, 3.05) is 123 Å². The van der Waals surface area contributed by atoms with Crippen LogP contribution in [0.5, 0.6) is 17.2 Å². The zero-order valence-electron chi connectivity index (χ0n) is 78.3. The summed E-state index contributed by atoms with van der Waals surface area (Å²) in [6.07, 6.45) is 11.5. The topological polar surface area (TPSA) is 421 Å². The molecule has 3 aromatic carbocycles. The molecular formula is C99H111N9O26S3. The molecule has 38 heteroatoms. The normalized spacial score (nSPS) is 22.5. The molecule has 6 aromatic heterocycles. The van der Waals surface area contributed by atoms with E-state index >= 15 is 0 Å². The number of fused-ring (bicyclic) bond motifs is 3. The average molecular weight is 1940 g/mol. The first-order valence-corrected chi connectivity index (χ1v) is 48.2. The van der Waals surface area contributed by atoms with Crippen LogP contribution in [-0.4, -0.2) is 229 Å². The molecule has 9 aliphatic rings. The van der Waals surface area contributed by atoms with Crippen LogP contribution < -0.4 is 39.5 Å². The van der Waals surface area contributed by atoms with Crippen molar-refractivity contribution in [2.24, 2.45) is 34.0 Å². The summed E-state index contributed by atoms with van der Waals surface area (Å²) in [6.45, 7) is 13.7. The number of thiophene rings is 3. The third kappa shape index (κ3) is 19.2. The van der Waals surface area contributed by atoms with Crippen LogP contribution in [0.4, 0.5) is 15.0 Å². The highest BCUT2D eigenvalue weighted by atomic mass is 32.1. The van der Waals surface area contributed by atoms with Gasteiger partial charge in [-0.2, -0.15) is 0 Å². The Labute approximate surface area is 802 Å². The van der Waals surface area contributed by atoms with E-state index in [2.05, 4.69) is 25.6 Å². The number of nitrogens with one attached hydrogen (secondary N) is 2. The van der Waals surface area contributed by atoms with Gasteiger partial charge in [-0.05, 0) is 153 Å². The number of nitrogens with zero attached hydrogens (tertiary/aromatic N) is 7. The number of Topliss-reactive ketones (excluding diaryl/α,β-unsaturated/α-hetero) is 4. The number of ether oxygens (including phenoxy) is 11. The molecule has 9 aromatic rings. The molecule has 3 saturated carbocycles. The highest BCUT2D eigenvalue weighted by molar-refractivity contribution is 7.21. The molecule has 0 unspecified atom stereocenters. The minimum absolute atomic E-state index is 0.0180. The van der Waals surface area contributed by atoms with Gasteiger partial charge in [0.25, 0.3) is 0 Å². The van der Waals surface area contributed by atoms with Crippen LogP contribution in [-0.2, 0) is 81.0 Å². The van der Waals surface area contributed by atoms with Crippen LogP contribution >= 0.6 is 34.0 Å². The van der Waals surface area contributed by atoms with E-state index in [0.29, 0.717) is 163 Å². The van der Waals surface area contributed by atoms with Crippen LogP contribution in [0.1, 0.15) is 181 Å². The zero-order chi connectivity index (χ0) is 97.1. The second-order valence-electron chi connectivity index (χ2n) is 35.9. The molecule has 0 radical (unpaired) electrons. The number of para-hydroxylation sites is 3. The molecule has 726 valence electrons. The lowest BCUT2D eigenvalue weighted by atomic mass is 9.56. The summed E-state index contributed by atoms with van der Waals surface area (Å²) in [5.74, 6) is -3.24. The van der Waals surface area contributed by atoms with E-state index in [1.165, 1.54) is 111 Å². The van der Waals surface area contributed by atoms with Gasteiger partial charge >= 0.3 is 11.9 Å². The first kappa shape index (κ1) is 98.1. The van der Waals surface area contributed by atoms with Gasteiger partial charge in [-0.1, -0.05) is 54.6 Å². The Morgan fingerprint density at radius 2 is 0.759 bits per heavy atom. The monoisotopic (exact) mass is 1940 g/mol. The van der Waals surface area contributed by atoms with Gasteiger partial charge in [0.2, 0.25) is 53.1 Å². The van der Waals surface area contributed by atoms with Crippen molar-refractivity contribution in [3.8, 4) is 49.6 Å².